The van der Waals surface area contributed by atoms with Crippen molar-refractivity contribution < 1.29 is 9.53 Å². The van der Waals surface area contributed by atoms with Crippen molar-refractivity contribution in [2.45, 2.75) is 13.0 Å². The van der Waals surface area contributed by atoms with Crippen LogP contribution in [-0.4, -0.2) is 32.3 Å². The molecule has 4 heteroatoms. The van der Waals surface area contributed by atoms with E-state index in [0.29, 0.717) is 13.1 Å². The molecule has 4 nitrogen and oxygen atoms in total. The summed E-state index contributed by atoms with van der Waals surface area (Å²) >= 11 is 0. The molecular weight excluding hydrogens is 204 g/mol. The highest BCUT2D eigenvalue weighted by Crippen LogP contribution is 2.21. The van der Waals surface area contributed by atoms with Crippen LogP contribution >= 0.6 is 0 Å². The largest absolute Gasteiger partial charge is 0.443 e. The Morgan fingerprint density at radius 1 is 1.44 bits per heavy atom. The number of ether oxygens (including phenoxy) is 1. The maximum absolute atomic E-state index is 11.6. The number of cyclic esters (lactones) is 1. The zero-order valence-electron chi connectivity index (χ0n) is 9.56. The average Bonchev–Trinajstić information content (AvgIpc) is 2.61. The molecule has 0 bridgehead atoms. The van der Waals surface area contributed by atoms with Crippen LogP contribution in [0.5, 0.6) is 0 Å². The van der Waals surface area contributed by atoms with Gasteiger partial charge in [0.25, 0.3) is 0 Å². The second-order valence-corrected chi connectivity index (χ2v) is 4.01. The lowest BCUT2D eigenvalue weighted by Crippen LogP contribution is -2.28. The van der Waals surface area contributed by atoms with E-state index in [4.69, 9.17) is 4.74 Å². The van der Waals surface area contributed by atoms with Gasteiger partial charge in [0.2, 0.25) is 0 Å². The second kappa shape index (κ2) is 4.53. The molecule has 16 heavy (non-hydrogen) atoms. The predicted molar refractivity (Wildman–Crippen MR) is 62.7 cm³/mol. The molecule has 1 unspecified atom stereocenters. The van der Waals surface area contributed by atoms with Crippen LogP contribution in [0, 0.1) is 6.92 Å². The molecule has 1 heterocycles. The standard InChI is InChI=1S/C12H16N2O2/c1-9-3-5-10(6-4-9)14-8-11(7-13-2)16-12(14)15/h3-6,11,13H,7-8H2,1-2H3. The van der Waals surface area contributed by atoms with Crippen LogP contribution in [0.25, 0.3) is 0 Å². The first-order chi connectivity index (χ1) is 7.70. The Balaban J connectivity index is 2.10. The molecule has 1 saturated heterocycles. The Morgan fingerprint density at radius 2 is 2.12 bits per heavy atom. The van der Waals surface area contributed by atoms with E-state index in [2.05, 4.69) is 5.32 Å². The van der Waals surface area contributed by atoms with Crippen molar-refractivity contribution in [2.24, 2.45) is 0 Å². The number of aryl methyl sites for hydroxylation is 1. The first kappa shape index (κ1) is 11.0. The van der Waals surface area contributed by atoms with Gasteiger partial charge in [0.1, 0.15) is 6.10 Å². The fourth-order valence-corrected chi connectivity index (χ4v) is 1.79. The van der Waals surface area contributed by atoms with Crippen LogP contribution < -0.4 is 10.2 Å². The van der Waals surface area contributed by atoms with Crippen molar-refractivity contribution in [3.8, 4) is 0 Å². The summed E-state index contributed by atoms with van der Waals surface area (Å²) in [5, 5.41) is 3.01. The molecule has 0 spiro atoms. The molecule has 1 atom stereocenters. The molecule has 1 N–H and O–H groups in total. The van der Waals surface area contributed by atoms with E-state index in [1.807, 2.05) is 38.2 Å². The minimum Gasteiger partial charge on any atom is -0.443 e. The molecule has 0 aliphatic carbocycles. The zero-order chi connectivity index (χ0) is 11.5. The number of nitrogens with zero attached hydrogens (tertiary/aromatic N) is 1. The molecule has 1 amide bonds. The molecular formula is C12H16N2O2. The highest BCUT2D eigenvalue weighted by atomic mass is 16.6. The van der Waals surface area contributed by atoms with E-state index < -0.39 is 0 Å². The summed E-state index contributed by atoms with van der Waals surface area (Å²) in [5.41, 5.74) is 2.08. The van der Waals surface area contributed by atoms with Crippen molar-refractivity contribution in [3.05, 3.63) is 29.8 Å². The smallest absolute Gasteiger partial charge is 0.414 e. The van der Waals surface area contributed by atoms with Gasteiger partial charge in [-0.1, -0.05) is 17.7 Å². The first-order valence-corrected chi connectivity index (χ1v) is 5.40. The van der Waals surface area contributed by atoms with Crippen molar-refractivity contribution in [1.29, 1.82) is 0 Å². The number of hydrogen-bond donors (Lipinski definition) is 1. The molecule has 0 saturated carbocycles. The number of anilines is 1. The molecule has 1 aromatic carbocycles. The van der Waals surface area contributed by atoms with Gasteiger partial charge in [0.15, 0.2) is 0 Å². The van der Waals surface area contributed by atoms with Crippen LogP contribution in [-0.2, 0) is 4.74 Å². The summed E-state index contributed by atoms with van der Waals surface area (Å²) in [5.74, 6) is 0. The van der Waals surface area contributed by atoms with Crippen molar-refractivity contribution in [3.63, 3.8) is 0 Å². The molecule has 86 valence electrons. The number of nitrogens with one attached hydrogen (secondary N) is 1. The van der Waals surface area contributed by atoms with Gasteiger partial charge >= 0.3 is 6.09 Å². The van der Waals surface area contributed by atoms with Gasteiger partial charge in [-0.2, -0.15) is 0 Å². The lowest BCUT2D eigenvalue weighted by molar-refractivity contribution is 0.141. The van der Waals surface area contributed by atoms with Gasteiger partial charge in [-0.15, -0.1) is 0 Å². The second-order valence-electron chi connectivity index (χ2n) is 4.01. The maximum atomic E-state index is 11.6. The van der Waals surface area contributed by atoms with Crippen LogP contribution in [0.1, 0.15) is 5.56 Å². The monoisotopic (exact) mass is 220 g/mol. The Kier molecular flexibility index (Phi) is 3.10. The summed E-state index contributed by atoms with van der Waals surface area (Å²) in [4.78, 5) is 13.3. The third-order valence-corrected chi connectivity index (χ3v) is 2.65. The molecule has 1 aliphatic rings. The summed E-state index contributed by atoms with van der Waals surface area (Å²) in [6, 6.07) is 7.87. The van der Waals surface area contributed by atoms with Crippen molar-refractivity contribution >= 4 is 11.8 Å². The van der Waals surface area contributed by atoms with E-state index in [9.17, 15) is 4.79 Å². The normalized spacial score (nSPS) is 20.0. The third-order valence-electron chi connectivity index (χ3n) is 2.65. The van der Waals surface area contributed by atoms with E-state index >= 15 is 0 Å². The van der Waals surface area contributed by atoms with Gasteiger partial charge in [-0.25, -0.2) is 4.79 Å². The van der Waals surface area contributed by atoms with E-state index in [0.717, 1.165) is 5.69 Å². The van der Waals surface area contributed by atoms with Crippen LogP contribution in [0.15, 0.2) is 24.3 Å². The molecule has 1 fully saturated rings. The fourth-order valence-electron chi connectivity index (χ4n) is 1.79. The van der Waals surface area contributed by atoms with Gasteiger partial charge in [-0.05, 0) is 26.1 Å². The number of rotatable bonds is 3. The molecule has 0 radical (unpaired) electrons. The minimum absolute atomic E-state index is 0.0567. The van der Waals surface area contributed by atoms with E-state index in [-0.39, 0.29) is 12.2 Å². The van der Waals surface area contributed by atoms with Gasteiger partial charge in [0, 0.05) is 12.2 Å². The van der Waals surface area contributed by atoms with E-state index in [1.54, 1.807) is 4.90 Å². The fraction of sp³-hybridized carbons (Fsp3) is 0.417. The number of likely N-dealkylation sites (N-methyl/N-ethyl adjacent to an activating group) is 1. The molecule has 1 aromatic rings. The first-order valence-electron chi connectivity index (χ1n) is 5.40. The Hall–Kier alpha value is -1.55. The van der Waals surface area contributed by atoms with E-state index in [1.165, 1.54) is 5.56 Å². The molecule has 0 aromatic heterocycles. The number of amides is 1. The third kappa shape index (κ3) is 2.17. The van der Waals surface area contributed by atoms with Gasteiger partial charge in [-0.3, -0.25) is 4.90 Å². The van der Waals surface area contributed by atoms with Gasteiger partial charge in [0.05, 0.1) is 6.54 Å². The average molecular weight is 220 g/mol. The van der Waals surface area contributed by atoms with Crippen molar-refractivity contribution in [1.82, 2.24) is 5.32 Å². The maximum Gasteiger partial charge on any atom is 0.414 e. The van der Waals surface area contributed by atoms with Crippen LogP contribution in [0.2, 0.25) is 0 Å². The highest BCUT2D eigenvalue weighted by Gasteiger charge is 2.31. The molecule has 1 aliphatic heterocycles. The molecule has 2 rings (SSSR count). The number of hydrogen-bond acceptors (Lipinski definition) is 3. The Bertz CT molecular complexity index is 375. The summed E-state index contributed by atoms with van der Waals surface area (Å²) in [7, 11) is 1.85. The number of carbonyl (C=O) groups is 1. The Morgan fingerprint density at radius 3 is 2.75 bits per heavy atom. The number of carbonyl (C=O) groups excluding carboxylic acids is 1. The Labute approximate surface area is 95.2 Å². The predicted octanol–water partition coefficient (Wildman–Crippen LogP) is 1.54. The van der Waals surface area contributed by atoms with Crippen molar-refractivity contribution in [2.75, 3.05) is 25.0 Å². The lowest BCUT2D eigenvalue weighted by atomic mass is 10.2. The SMILES string of the molecule is CNCC1CN(c2ccc(C)cc2)C(=O)O1. The number of benzene rings is 1. The van der Waals surface area contributed by atoms with Crippen LogP contribution in [0.3, 0.4) is 0 Å². The lowest BCUT2D eigenvalue weighted by Gasteiger charge is -2.12. The minimum atomic E-state index is -0.260. The van der Waals surface area contributed by atoms with Gasteiger partial charge < -0.3 is 10.1 Å². The zero-order valence-corrected chi connectivity index (χ0v) is 9.56. The highest BCUT2D eigenvalue weighted by molar-refractivity contribution is 5.89. The summed E-state index contributed by atoms with van der Waals surface area (Å²) < 4.78 is 5.22. The quantitative estimate of drug-likeness (QED) is 0.840. The summed E-state index contributed by atoms with van der Waals surface area (Å²) in [6.45, 7) is 3.33. The topological polar surface area (TPSA) is 41.6 Å². The van der Waals surface area contributed by atoms with Crippen LogP contribution in [0.4, 0.5) is 10.5 Å². The summed E-state index contributed by atoms with van der Waals surface area (Å²) in [6.07, 6.45) is -0.317.